The molecule has 9 nitrogen and oxygen atoms in total. The molecule has 1 fully saturated rings. The number of thiophene rings is 1. The number of hydrogen-bond acceptors (Lipinski definition) is 7. The minimum Gasteiger partial charge on any atom is -0.335 e. The second-order valence-electron chi connectivity index (χ2n) is 8.67. The standard InChI is InChI=1S/C25H22FN7O2S2/c1-37(35)32-13-11-31(12-14-32)25(34)21-8-7-20(36-21)19-6-9-22-28-29-24(33(22)30-19)23(26)17-4-5-18-16(15-17)3-2-10-27-18/h2-10,15,23H,11-14H2,1H3. The van der Waals surface area contributed by atoms with Crippen molar-refractivity contribution >= 4 is 44.8 Å². The molecule has 1 saturated heterocycles. The van der Waals surface area contributed by atoms with Gasteiger partial charge in [0.15, 0.2) is 17.6 Å². The maximum atomic E-state index is 15.6. The van der Waals surface area contributed by atoms with E-state index in [4.69, 9.17) is 0 Å². The zero-order valence-corrected chi connectivity index (χ0v) is 21.5. The van der Waals surface area contributed by atoms with Crippen LogP contribution in [0, 0.1) is 0 Å². The number of pyridine rings is 1. The maximum Gasteiger partial charge on any atom is 0.264 e. The Labute approximate surface area is 218 Å². The fourth-order valence-corrected chi connectivity index (χ4v) is 6.01. The average molecular weight is 536 g/mol. The zero-order valence-electron chi connectivity index (χ0n) is 19.8. The lowest BCUT2D eigenvalue weighted by Gasteiger charge is -2.32. The summed E-state index contributed by atoms with van der Waals surface area (Å²) in [5, 5.41) is 13.6. The third-order valence-electron chi connectivity index (χ3n) is 6.39. The number of fused-ring (bicyclic) bond motifs is 2. The molecule has 0 radical (unpaired) electrons. The summed E-state index contributed by atoms with van der Waals surface area (Å²) in [7, 11) is -1.03. The van der Waals surface area contributed by atoms with Crippen LogP contribution in [-0.4, -0.2) is 76.6 Å². The lowest BCUT2D eigenvalue weighted by molar-refractivity contribution is 0.0706. The predicted molar refractivity (Wildman–Crippen MR) is 140 cm³/mol. The first-order valence-corrected chi connectivity index (χ1v) is 14.0. The molecule has 37 heavy (non-hydrogen) atoms. The molecule has 1 aliphatic rings. The summed E-state index contributed by atoms with van der Waals surface area (Å²) in [5.74, 6) is 0.0256. The molecule has 0 saturated carbocycles. The van der Waals surface area contributed by atoms with E-state index >= 15 is 4.39 Å². The Morgan fingerprint density at radius 3 is 2.70 bits per heavy atom. The topological polar surface area (TPSA) is 96.6 Å². The van der Waals surface area contributed by atoms with Gasteiger partial charge in [-0.25, -0.2) is 12.9 Å². The second kappa shape index (κ2) is 9.69. The molecular formula is C25H22FN7O2S2. The molecule has 1 amide bonds. The van der Waals surface area contributed by atoms with E-state index in [2.05, 4.69) is 20.3 Å². The molecule has 1 aliphatic heterocycles. The number of nitrogens with zero attached hydrogens (tertiary/aromatic N) is 7. The molecule has 188 valence electrons. The van der Waals surface area contributed by atoms with E-state index in [0.29, 0.717) is 48.0 Å². The van der Waals surface area contributed by atoms with E-state index in [0.717, 1.165) is 15.8 Å². The molecule has 5 heterocycles. The quantitative estimate of drug-likeness (QED) is 0.342. The first-order chi connectivity index (χ1) is 18.0. The van der Waals surface area contributed by atoms with E-state index in [1.165, 1.54) is 15.9 Å². The van der Waals surface area contributed by atoms with E-state index in [1.807, 2.05) is 22.5 Å². The van der Waals surface area contributed by atoms with Crippen LogP contribution >= 0.6 is 11.3 Å². The van der Waals surface area contributed by atoms with Crippen molar-refractivity contribution in [3.63, 3.8) is 0 Å². The third-order valence-corrected chi connectivity index (χ3v) is 8.58. The normalized spacial score (nSPS) is 16.3. The minimum absolute atomic E-state index is 0.0570. The summed E-state index contributed by atoms with van der Waals surface area (Å²) in [4.78, 5) is 20.5. The number of alkyl halides is 1. The fourth-order valence-electron chi connectivity index (χ4n) is 4.39. The SMILES string of the molecule is CS(=O)N1CCN(C(=O)c2ccc(-c3ccc4nnc(C(F)c5ccc6ncccc6c5)n4n3)s2)CC1. The zero-order chi connectivity index (χ0) is 25.5. The third kappa shape index (κ3) is 4.52. The predicted octanol–water partition coefficient (Wildman–Crippen LogP) is 3.51. The van der Waals surface area contributed by atoms with Gasteiger partial charge < -0.3 is 4.90 Å². The van der Waals surface area contributed by atoms with E-state index < -0.39 is 17.2 Å². The van der Waals surface area contributed by atoms with Crippen LogP contribution in [0.4, 0.5) is 4.39 Å². The van der Waals surface area contributed by atoms with Crippen molar-refractivity contribution in [1.29, 1.82) is 0 Å². The van der Waals surface area contributed by atoms with Crippen molar-refractivity contribution in [2.45, 2.75) is 6.17 Å². The Balaban J connectivity index is 1.26. The minimum atomic E-state index is -1.53. The molecule has 6 rings (SSSR count). The van der Waals surface area contributed by atoms with Crippen molar-refractivity contribution in [3.05, 3.63) is 77.1 Å². The Morgan fingerprint density at radius 2 is 1.89 bits per heavy atom. The van der Waals surface area contributed by atoms with Gasteiger partial charge in [-0.1, -0.05) is 12.1 Å². The summed E-state index contributed by atoms with van der Waals surface area (Å²) < 4.78 is 30.6. The summed E-state index contributed by atoms with van der Waals surface area (Å²) in [6.07, 6.45) is 1.82. The monoisotopic (exact) mass is 535 g/mol. The van der Waals surface area contributed by atoms with Gasteiger partial charge in [-0.2, -0.15) is 9.61 Å². The van der Waals surface area contributed by atoms with Crippen molar-refractivity contribution in [3.8, 4) is 10.6 Å². The average Bonchev–Trinajstić information content (AvgIpc) is 3.59. The first kappa shape index (κ1) is 23.8. The number of hydrogen-bond donors (Lipinski definition) is 0. The van der Waals surface area contributed by atoms with Gasteiger partial charge in [0.1, 0.15) is 5.69 Å². The molecule has 0 aliphatic carbocycles. The highest BCUT2D eigenvalue weighted by Crippen LogP contribution is 2.30. The highest BCUT2D eigenvalue weighted by Gasteiger charge is 2.25. The Morgan fingerprint density at radius 1 is 1.05 bits per heavy atom. The molecule has 1 aromatic carbocycles. The second-order valence-corrected chi connectivity index (χ2v) is 11.1. The highest BCUT2D eigenvalue weighted by molar-refractivity contribution is 7.81. The van der Waals surface area contributed by atoms with Crippen LogP contribution in [-0.2, 0) is 11.0 Å². The highest BCUT2D eigenvalue weighted by atomic mass is 32.2. The van der Waals surface area contributed by atoms with Crippen LogP contribution in [0.15, 0.2) is 60.8 Å². The molecular weight excluding hydrogens is 513 g/mol. The number of halogens is 1. The lowest BCUT2D eigenvalue weighted by atomic mass is 10.1. The summed E-state index contributed by atoms with van der Waals surface area (Å²) in [6, 6.07) is 16.1. The summed E-state index contributed by atoms with van der Waals surface area (Å²) >= 11 is 1.34. The first-order valence-electron chi connectivity index (χ1n) is 11.7. The van der Waals surface area contributed by atoms with Gasteiger partial charge in [0.25, 0.3) is 5.91 Å². The molecule has 0 bridgehead atoms. The van der Waals surface area contributed by atoms with Gasteiger partial charge in [0, 0.05) is 44.0 Å². The van der Waals surface area contributed by atoms with Crippen LogP contribution < -0.4 is 0 Å². The summed E-state index contributed by atoms with van der Waals surface area (Å²) in [5.41, 5.74) is 2.26. The number of amides is 1. The van der Waals surface area contributed by atoms with Gasteiger partial charge in [-0.05, 0) is 48.0 Å². The van der Waals surface area contributed by atoms with Gasteiger partial charge >= 0.3 is 0 Å². The number of rotatable bonds is 5. The molecule has 4 aromatic heterocycles. The smallest absolute Gasteiger partial charge is 0.264 e. The van der Waals surface area contributed by atoms with Gasteiger partial charge in [-0.15, -0.1) is 21.5 Å². The number of carbonyl (C=O) groups excluding carboxylic acids is 1. The van der Waals surface area contributed by atoms with E-state index in [9.17, 15) is 9.00 Å². The largest absolute Gasteiger partial charge is 0.335 e. The van der Waals surface area contributed by atoms with Gasteiger partial charge in [0.2, 0.25) is 0 Å². The number of carbonyl (C=O) groups is 1. The van der Waals surface area contributed by atoms with Crippen LogP contribution in [0.5, 0.6) is 0 Å². The van der Waals surface area contributed by atoms with Crippen LogP contribution in [0.1, 0.15) is 27.2 Å². The van der Waals surface area contributed by atoms with Crippen molar-refractivity contribution in [1.82, 2.24) is 34.0 Å². The van der Waals surface area contributed by atoms with Crippen molar-refractivity contribution in [2.75, 3.05) is 32.4 Å². The molecule has 0 spiro atoms. The molecule has 12 heteroatoms. The molecule has 2 unspecified atom stereocenters. The molecule has 2 atom stereocenters. The lowest BCUT2D eigenvalue weighted by Crippen LogP contribution is -2.48. The summed E-state index contributed by atoms with van der Waals surface area (Å²) in [6.45, 7) is 2.23. The molecule has 0 N–H and O–H groups in total. The van der Waals surface area contributed by atoms with Crippen molar-refractivity contribution in [2.24, 2.45) is 0 Å². The van der Waals surface area contributed by atoms with Gasteiger partial charge in [0.05, 0.1) is 26.3 Å². The Hall–Kier alpha value is -3.61. The fraction of sp³-hybridized carbons (Fsp3) is 0.240. The van der Waals surface area contributed by atoms with Crippen LogP contribution in [0.3, 0.4) is 0 Å². The number of aromatic nitrogens is 5. The number of piperazine rings is 1. The van der Waals surface area contributed by atoms with Crippen LogP contribution in [0.25, 0.3) is 27.1 Å². The van der Waals surface area contributed by atoms with E-state index in [-0.39, 0.29) is 11.7 Å². The van der Waals surface area contributed by atoms with Gasteiger partial charge in [-0.3, -0.25) is 9.78 Å². The van der Waals surface area contributed by atoms with Crippen LogP contribution in [0.2, 0.25) is 0 Å². The molecule has 5 aromatic rings. The maximum absolute atomic E-state index is 15.6. The Kier molecular flexibility index (Phi) is 6.22. The van der Waals surface area contributed by atoms with Crippen molar-refractivity contribution < 1.29 is 13.4 Å². The van der Waals surface area contributed by atoms with E-state index in [1.54, 1.807) is 53.8 Å². The Bertz CT molecular complexity index is 1640. The number of benzene rings is 1.